The Hall–Kier alpha value is -1.13. The van der Waals surface area contributed by atoms with Gasteiger partial charge in [-0.15, -0.1) is 11.3 Å². The van der Waals surface area contributed by atoms with E-state index in [1.807, 2.05) is 23.7 Å². The molecule has 2 atom stereocenters. The van der Waals surface area contributed by atoms with Gasteiger partial charge in [0.25, 0.3) is 0 Å². The summed E-state index contributed by atoms with van der Waals surface area (Å²) < 4.78 is 0. The Bertz CT molecular complexity index is 434. The molecule has 0 saturated carbocycles. The Morgan fingerprint density at radius 1 is 1.44 bits per heavy atom. The molecule has 0 saturated heterocycles. The summed E-state index contributed by atoms with van der Waals surface area (Å²) >= 11 is 1.82. The molecule has 2 aromatic rings. The molecule has 0 spiro atoms. The fourth-order valence-corrected chi connectivity index (χ4v) is 3.10. The van der Waals surface area contributed by atoms with Crippen molar-refractivity contribution in [2.75, 3.05) is 0 Å². The van der Waals surface area contributed by atoms with Crippen LogP contribution in [0.15, 0.2) is 29.9 Å². The SMILES string of the molecule is CCC(NC(c1cccs1)C(C)C)c1ncc[nH]1. The number of H-pyrrole nitrogens is 1. The number of hydrogen-bond donors (Lipinski definition) is 2. The first-order valence-corrected chi connectivity index (χ1v) is 7.39. The first-order chi connectivity index (χ1) is 8.72. The minimum Gasteiger partial charge on any atom is -0.347 e. The third-order valence-electron chi connectivity index (χ3n) is 3.15. The van der Waals surface area contributed by atoms with Crippen molar-refractivity contribution in [3.63, 3.8) is 0 Å². The summed E-state index contributed by atoms with van der Waals surface area (Å²) in [6.45, 7) is 6.70. The lowest BCUT2D eigenvalue weighted by molar-refractivity contribution is 0.354. The predicted octanol–water partition coefficient (Wildman–Crippen LogP) is 3.91. The number of nitrogens with zero attached hydrogens (tertiary/aromatic N) is 1. The highest BCUT2D eigenvalue weighted by Crippen LogP contribution is 2.29. The number of nitrogens with one attached hydrogen (secondary N) is 2. The number of rotatable bonds is 6. The number of imidazole rings is 1. The van der Waals surface area contributed by atoms with Gasteiger partial charge in [0.15, 0.2) is 0 Å². The Morgan fingerprint density at radius 3 is 2.78 bits per heavy atom. The molecule has 2 unspecified atom stereocenters. The third kappa shape index (κ3) is 3.00. The van der Waals surface area contributed by atoms with Crippen LogP contribution in [0.1, 0.15) is 50.0 Å². The molecule has 0 bridgehead atoms. The van der Waals surface area contributed by atoms with Crippen LogP contribution >= 0.6 is 11.3 Å². The van der Waals surface area contributed by atoms with Gasteiger partial charge in [-0.1, -0.05) is 26.8 Å². The second-order valence-corrected chi connectivity index (χ2v) is 5.82. The van der Waals surface area contributed by atoms with Gasteiger partial charge in [-0.2, -0.15) is 0 Å². The average Bonchev–Trinajstić information content (AvgIpc) is 3.02. The van der Waals surface area contributed by atoms with Gasteiger partial charge in [0.1, 0.15) is 5.82 Å². The van der Waals surface area contributed by atoms with Gasteiger partial charge >= 0.3 is 0 Å². The largest absolute Gasteiger partial charge is 0.347 e. The van der Waals surface area contributed by atoms with E-state index in [2.05, 4.69) is 53.6 Å². The van der Waals surface area contributed by atoms with Gasteiger partial charge in [0.2, 0.25) is 0 Å². The predicted molar refractivity (Wildman–Crippen MR) is 76.7 cm³/mol. The molecule has 0 aromatic carbocycles. The minimum absolute atomic E-state index is 0.287. The topological polar surface area (TPSA) is 40.7 Å². The Balaban J connectivity index is 2.13. The van der Waals surface area contributed by atoms with Crippen molar-refractivity contribution in [3.05, 3.63) is 40.6 Å². The molecular formula is C14H21N3S. The molecule has 2 rings (SSSR count). The minimum atomic E-state index is 0.287. The number of aromatic nitrogens is 2. The van der Waals surface area contributed by atoms with Crippen molar-refractivity contribution >= 4 is 11.3 Å². The Labute approximate surface area is 113 Å². The zero-order valence-electron chi connectivity index (χ0n) is 11.2. The van der Waals surface area contributed by atoms with E-state index in [0.29, 0.717) is 12.0 Å². The maximum absolute atomic E-state index is 4.37. The van der Waals surface area contributed by atoms with E-state index in [-0.39, 0.29) is 6.04 Å². The van der Waals surface area contributed by atoms with E-state index in [0.717, 1.165) is 12.2 Å². The summed E-state index contributed by atoms with van der Waals surface area (Å²) in [5, 5.41) is 5.86. The van der Waals surface area contributed by atoms with Crippen LogP contribution in [0.5, 0.6) is 0 Å². The van der Waals surface area contributed by atoms with Crippen LogP contribution in [0, 0.1) is 5.92 Å². The molecule has 0 amide bonds. The van der Waals surface area contributed by atoms with Gasteiger partial charge in [-0.05, 0) is 23.8 Å². The molecular weight excluding hydrogens is 242 g/mol. The van der Waals surface area contributed by atoms with Gasteiger partial charge in [0.05, 0.1) is 6.04 Å². The van der Waals surface area contributed by atoms with E-state index < -0.39 is 0 Å². The smallest absolute Gasteiger partial charge is 0.123 e. The quantitative estimate of drug-likeness (QED) is 0.829. The molecule has 0 radical (unpaired) electrons. The van der Waals surface area contributed by atoms with Crippen LogP contribution in [0.3, 0.4) is 0 Å². The van der Waals surface area contributed by atoms with E-state index in [1.54, 1.807) is 0 Å². The lowest BCUT2D eigenvalue weighted by Gasteiger charge is -2.26. The fourth-order valence-electron chi connectivity index (χ4n) is 2.15. The monoisotopic (exact) mass is 263 g/mol. The van der Waals surface area contributed by atoms with Gasteiger partial charge < -0.3 is 4.98 Å². The van der Waals surface area contributed by atoms with Crippen LogP contribution in [0.25, 0.3) is 0 Å². The number of thiophene rings is 1. The molecule has 98 valence electrons. The van der Waals surface area contributed by atoms with Crippen LogP contribution in [0.4, 0.5) is 0 Å². The summed E-state index contributed by atoms with van der Waals surface area (Å²) in [6.07, 6.45) is 4.73. The molecule has 0 aliphatic heterocycles. The molecule has 0 fully saturated rings. The van der Waals surface area contributed by atoms with Crippen LogP contribution < -0.4 is 5.32 Å². The first-order valence-electron chi connectivity index (χ1n) is 6.51. The number of hydrogen-bond acceptors (Lipinski definition) is 3. The van der Waals surface area contributed by atoms with E-state index in [4.69, 9.17) is 0 Å². The molecule has 2 N–H and O–H groups in total. The summed E-state index contributed by atoms with van der Waals surface area (Å²) in [7, 11) is 0. The Kier molecular flexibility index (Phi) is 4.55. The molecule has 0 aliphatic carbocycles. The van der Waals surface area contributed by atoms with E-state index in [1.165, 1.54) is 4.88 Å². The summed E-state index contributed by atoms with van der Waals surface area (Å²) in [6, 6.07) is 5.00. The molecule has 4 heteroatoms. The fraction of sp³-hybridized carbons (Fsp3) is 0.500. The van der Waals surface area contributed by atoms with Crippen molar-refractivity contribution < 1.29 is 0 Å². The third-order valence-corrected chi connectivity index (χ3v) is 4.11. The van der Waals surface area contributed by atoms with E-state index >= 15 is 0 Å². The van der Waals surface area contributed by atoms with Crippen LogP contribution in [-0.2, 0) is 0 Å². The van der Waals surface area contributed by atoms with Gasteiger partial charge in [0, 0.05) is 23.3 Å². The summed E-state index contributed by atoms with van der Waals surface area (Å²) in [5.74, 6) is 1.59. The molecule has 18 heavy (non-hydrogen) atoms. The second-order valence-electron chi connectivity index (χ2n) is 4.84. The standard InChI is InChI=1S/C14H21N3S/c1-4-11(14-15-7-8-16-14)17-13(10(2)3)12-6-5-9-18-12/h5-11,13,17H,4H2,1-3H3,(H,15,16). The maximum atomic E-state index is 4.37. The lowest BCUT2D eigenvalue weighted by atomic mass is 10.0. The van der Waals surface area contributed by atoms with Crippen molar-refractivity contribution in [3.8, 4) is 0 Å². The average molecular weight is 263 g/mol. The summed E-state index contributed by atoms with van der Waals surface area (Å²) in [4.78, 5) is 8.97. The van der Waals surface area contributed by atoms with Crippen molar-refractivity contribution in [2.24, 2.45) is 5.92 Å². The molecule has 3 nitrogen and oxygen atoms in total. The highest BCUT2D eigenvalue weighted by atomic mass is 32.1. The van der Waals surface area contributed by atoms with Gasteiger partial charge in [-0.3, -0.25) is 5.32 Å². The zero-order valence-corrected chi connectivity index (χ0v) is 12.0. The maximum Gasteiger partial charge on any atom is 0.123 e. The number of aromatic amines is 1. The van der Waals surface area contributed by atoms with Crippen molar-refractivity contribution in [1.29, 1.82) is 0 Å². The van der Waals surface area contributed by atoms with Crippen LogP contribution in [0.2, 0.25) is 0 Å². The van der Waals surface area contributed by atoms with Crippen molar-refractivity contribution in [2.45, 2.75) is 39.3 Å². The first kappa shape index (κ1) is 13.3. The van der Waals surface area contributed by atoms with Gasteiger partial charge in [-0.25, -0.2) is 4.98 Å². The van der Waals surface area contributed by atoms with Crippen LogP contribution in [-0.4, -0.2) is 9.97 Å². The highest BCUT2D eigenvalue weighted by Gasteiger charge is 2.21. The second kappa shape index (κ2) is 6.16. The normalized spacial score (nSPS) is 14.9. The molecule has 0 aliphatic rings. The van der Waals surface area contributed by atoms with Crippen molar-refractivity contribution in [1.82, 2.24) is 15.3 Å². The zero-order chi connectivity index (χ0) is 13.0. The molecule has 2 heterocycles. The summed E-state index contributed by atoms with van der Waals surface area (Å²) in [5.41, 5.74) is 0. The highest BCUT2D eigenvalue weighted by molar-refractivity contribution is 7.10. The lowest BCUT2D eigenvalue weighted by Crippen LogP contribution is -2.29. The van der Waals surface area contributed by atoms with E-state index in [9.17, 15) is 0 Å². The molecule has 2 aromatic heterocycles. The Morgan fingerprint density at radius 2 is 2.28 bits per heavy atom.